The first kappa shape index (κ1) is 15.6. The van der Waals surface area contributed by atoms with E-state index in [1.807, 2.05) is 18.7 Å². The zero-order valence-corrected chi connectivity index (χ0v) is 11.6. The van der Waals surface area contributed by atoms with Gasteiger partial charge in [0.2, 0.25) is 0 Å². The van der Waals surface area contributed by atoms with E-state index in [1.165, 1.54) is 0 Å². The number of nitriles is 1. The minimum atomic E-state index is -2.63. The average Bonchev–Trinajstić information content (AvgIpc) is 2.79. The SMILES string of the molecule is CC(C)(C#N)CCN1CC[C@@H]2NCC(F)(F)[C@@H]21.Cl. The first-order valence-electron chi connectivity index (χ1n) is 6.12. The van der Waals surface area contributed by atoms with Crippen molar-refractivity contribution in [2.45, 2.75) is 44.7 Å². The molecule has 0 unspecified atom stereocenters. The molecule has 1 N–H and O–H groups in total. The number of nitrogens with zero attached hydrogens (tertiary/aromatic N) is 2. The van der Waals surface area contributed by atoms with Crippen molar-refractivity contribution < 1.29 is 8.78 Å². The van der Waals surface area contributed by atoms with E-state index in [0.717, 1.165) is 6.42 Å². The van der Waals surface area contributed by atoms with Gasteiger partial charge in [-0.25, -0.2) is 8.78 Å². The third-order valence-electron chi connectivity index (χ3n) is 3.86. The second-order valence-electron chi connectivity index (χ2n) is 5.76. The van der Waals surface area contributed by atoms with Crippen LogP contribution in [0.15, 0.2) is 0 Å². The standard InChI is InChI=1S/C12H19F2N3.ClH/c1-11(2,7-15)4-6-17-5-3-9-10(17)12(13,14)8-16-9;/h9-10,16H,3-6,8H2,1-2H3;1H/t9-,10+;/m0./s1. The highest BCUT2D eigenvalue weighted by molar-refractivity contribution is 5.85. The van der Waals surface area contributed by atoms with Gasteiger partial charge in [0.05, 0.1) is 24.1 Å². The summed E-state index contributed by atoms with van der Waals surface area (Å²) in [6.45, 7) is 4.79. The molecule has 0 saturated carbocycles. The normalized spacial score (nSPS) is 30.6. The van der Waals surface area contributed by atoms with Crippen molar-refractivity contribution in [1.82, 2.24) is 10.2 Å². The molecule has 6 heteroatoms. The lowest BCUT2D eigenvalue weighted by Gasteiger charge is -2.29. The Bertz CT molecular complexity index is 341. The van der Waals surface area contributed by atoms with Crippen LogP contribution in [0.5, 0.6) is 0 Å². The third-order valence-corrected chi connectivity index (χ3v) is 3.86. The van der Waals surface area contributed by atoms with E-state index < -0.39 is 17.4 Å². The van der Waals surface area contributed by atoms with Crippen molar-refractivity contribution in [3.8, 4) is 6.07 Å². The van der Waals surface area contributed by atoms with Crippen molar-refractivity contribution in [2.24, 2.45) is 5.41 Å². The molecular weight excluding hydrogens is 260 g/mol. The molecule has 0 amide bonds. The van der Waals surface area contributed by atoms with Crippen molar-refractivity contribution in [2.75, 3.05) is 19.6 Å². The van der Waals surface area contributed by atoms with E-state index in [2.05, 4.69) is 11.4 Å². The van der Waals surface area contributed by atoms with Gasteiger partial charge in [-0.1, -0.05) is 0 Å². The smallest absolute Gasteiger partial charge is 0.276 e. The van der Waals surface area contributed by atoms with Crippen LogP contribution < -0.4 is 5.32 Å². The van der Waals surface area contributed by atoms with Crippen LogP contribution in [0.2, 0.25) is 0 Å². The monoisotopic (exact) mass is 279 g/mol. The Morgan fingerprint density at radius 2 is 2.17 bits per heavy atom. The van der Waals surface area contributed by atoms with Crippen molar-refractivity contribution >= 4 is 12.4 Å². The molecule has 2 rings (SSSR count). The zero-order valence-electron chi connectivity index (χ0n) is 10.7. The molecule has 2 atom stereocenters. The molecule has 104 valence electrons. The van der Waals surface area contributed by atoms with E-state index in [-0.39, 0.29) is 25.0 Å². The van der Waals surface area contributed by atoms with Gasteiger partial charge in [0.1, 0.15) is 0 Å². The maximum absolute atomic E-state index is 13.7. The van der Waals surface area contributed by atoms with Gasteiger partial charge in [-0.05, 0) is 26.7 Å². The number of likely N-dealkylation sites (tertiary alicyclic amines) is 1. The summed E-state index contributed by atoms with van der Waals surface area (Å²) in [6.07, 6.45) is 1.43. The number of halogens is 3. The fourth-order valence-electron chi connectivity index (χ4n) is 2.73. The molecule has 18 heavy (non-hydrogen) atoms. The molecule has 2 fully saturated rings. The summed E-state index contributed by atoms with van der Waals surface area (Å²) in [5, 5.41) is 11.8. The molecule has 0 aromatic heterocycles. The number of nitrogens with one attached hydrogen (secondary N) is 1. The summed E-state index contributed by atoms with van der Waals surface area (Å²) in [6, 6.07) is 1.47. The van der Waals surface area contributed by atoms with Gasteiger partial charge in [0.15, 0.2) is 0 Å². The van der Waals surface area contributed by atoms with E-state index in [9.17, 15) is 8.78 Å². The molecule has 0 aromatic carbocycles. The lowest BCUT2D eigenvalue weighted by Crippen LogP contribution is -2.46. The van der Waals surface area contributed by atoms with Crippen LogP contribution in [0.4, 0.5) is 8.78 Å². The second-order valence-corrected chi connectivity index (χ2v) is 5.76. The molecule has 3 nitrogen and oxygen atoms in total. The van der Waals surface area contributed by atoms with Gasteiger partial charge in [-0.15, -0.1) is 12.4 Å². The number of alkyl halides is 2. The van der Waals surface area contributed by atoms with E-state index >= 15 is 0 Å². The molecule has 0 radical (unpaired) electrons. The van der Waals surface area contributed by atoms with Crippen LogP contribution >= 0.6 is 12.4 Å². The Morgan fingerprint density at radius 1 is 1.50 bits per heavy atom. The molecule has 0 bridgehead atoms. The van der Waals surface area contributed by atoms with Crippen LogP contribution in [-0.2, 0) is 0 Å². The summed E-state index contributed by atoms with van der Waals surface area (Å²) in [5.74, 6) is -2.63. The Morgan fingerprint density at radius 3 is 2.78 bits per heavy atom. The summed E-state index contributed by atoms with van der Waals surface area (Å²) >= 11 is 0. The molecule has 2 heterocycles. The van der Waals surface area contributed by atoms with Crippen molar-refractivity contribution in [1.29, 1.82) is 5.26 Å². The Labute approximate surface area is 113 Å². The van der Waals surface area contributed by atoms with Gasteiger partial charge < -0.3 is 5.32 Å². The number of fused-ring (bicyclic) bond motifs is 1. The number of hydrogen-bond donors (Lipinski definition) is 1. The lowest BCUT2D eigenvalue weighted by molar-refractivity contribution is -0.0423. The Hall–Kier alpha value is -0.440. The predicted molar refractivity (Wildman–Crippen MR) is 68.0 cm³/mol. The van der Waals surface area contributed by atoms with Gasteiger partial charge in [0.25, 0.3) is 5.92 Å². The van der Waals surface area contributed by atoms with Gasteiger partial charge in [0, 0.05) is 19.1 Å². The van der Waals surface area contributed by atoms with Gasteiger partial charge >= 0.3 is 0 Å². The first-order chi connectivity index (χ1) is 7.86. The molecule has 0 spiro atoms. The molecule has 2 aliphatic rings. The van der Waals surface area contributed by atoms with E-state index in [1.54, 1.807) is 0 Å². The fourth-order valence-corrected chi connectivity index (χ4v) is 2.73. The number of rotatable bonds is 3. The van der Waals surface area contributed by atoms with E-state index in [4.69, 9.17) is 5.26 Å². The molecule has 2 aliphatic heterocycles. The number of hydrogen-bond acceptors (Lipinski definition) is 3. The quantitative estimate of drug-likeness (QED) is 0.859. The Kier molecular flexibility index (Phi) is 4.58. The minimum absolute atomic E-state index is 0. The largest absolute Gasteiger partial charge is 0.306 e. The summed E-state index contributed by atoms with van der Waals surface area (Å²) in [5.41, 5.74) is -0.431. The molecule has 0 aliphatic carbocycles. The predicted octanol–water partition coefficient (Wildman–Crippen LogP) is 2.03. The highest BCUT2D eigenvalue weighted by Gasteiger charge is 2.55. The maximum Gasteiger partial charge on any atom is 0.276 e. The van der Waals surface area contributed by atoms with Crippen LogP contribution in [0.1, 0.15) is 26.7 Å². The fraction of sp³-hybridized carbons (Fsp3) is 0.917. The highest BCUT2D eigenvalue weighted by Crippen LogP contribution is 2.36. The minimum Gasteiger partial charge on any atom is -0.306 e. The van der Waals surface area contributed by atoms with Crippen LogP contribution in [0.25, 0.3) is 0 Å². The van der Waals surface area contributed by atoms with Gasteiger partial charge in [-0.2, -0.15) is 5.26 Å². The van der Waals surface area contributed by atoms with Crippen LogP contribution in [0.3, 0.4) is 0 Å². The average molecular weight is 280 g/mol. The van der Waals surface area contributed by atoms with Crippen LogP contribution in [0, 0.1) is 16.7 Å². The zero-order chi connectivity index (χ0) is 12.7. The van der Waals surface area contributed by atoms with Gasteiger partial charge in [-0.3, -0.25) is 4.90 Å². The Balaban J connectivity index is 0.00000162. The summed E-state index contributed by atoms with van der Waals surface area (Å²) in [4.78, 5) is 1.85. The molecule has 2 saturated heterocycles. The van der Waals surface area contributed by atoms with E-state index in [0.29, 0.717) is 19.5 Å². The van der Waals surface area contributed by atoms with Crippen LogP contribution in [-0.4, -0.2) is 42.5 Å². The first-order valence-corrected chi connectivity index (χ1v) is 6.12. The summed E-state index contributed by atoms with van der Waals surface area (Å²) in [7, 11) is 0. The molecular formula is C12H20ClF2N3. The van der Waals surface area contributed by atoms with Crippen molar-refractivity contribution in [3.63, 3.8) is 0 Å². The lowest BCUT2D eigenvalue weighted by atomic mass is 9.91. The maximum atomic E-state index is 13.7. The summed E-state index contributed by atoms with van der Waals surface area (Å²) < 4.78 is 27.4. The highest BCUT2D eigenvalue weighted by atomic mass is 35.5. The topological polar surface area (TPSA) is 39.1 Å². The second kappa shape index (κ2) is 5.28. The molecule has 0 aromatic rings. The van der Waals surface area contributed by atoms with Crippen molar-refractivity contribution in [3.05, 3.63) is 0 Å². The third kappa shape index (κ3) is 2.93.